The van der Waals surface area contributed by atoms with Crippen LogP contribution < -0.4 is 20.9 Å². The lowest BCUT2D eigenvalue weighted by Crippen LogP contribution is -2.44. The predicted octanol–water partition coefficient (Wildman–Crippen LogP) is 4.88. The molecule has 2 aromatic heterocycles. The van der Waals surface area contributed by atoms with E-state index in [1.54, 1.807) is 13.4 Å². The standard InChI is InChI=1S/C27H41N7O2.C8H8O2/c1-6-20-24(30-16-22(28-5)26(35)36-27(2,3)4)31-17-32-25(20)34-14-11-18(12-15-34)21-10-9-19-8-7-13-29-23(19)33-21;9-7-10-6-8-4-2-1-3-5-8/h9-10,17-18,22,28H,6-8,11-16H2,1-5H3,(H,29,33)(H,30,31,32);1-5,7H,6H2. The Morgan fingerprint density at radius 2 is 1.89 bits per heavy atom. The van der Waals surface area contributed by atoms with Crippen molar-refractivity contribution in [3.8, 4) is 0 Å². The van der Waals surface area contributed by atoms with Crippen molar-refractivity contribution in [2.75, 3.05) is 48.8 Å². The number of hydrogen-bond acceptors (Lipinski definition) is 11. The first-order valence-corrected chi connectivity index (χ1v) is 16.3. The van der Waals surface area contributed by atoms with E-state index < -0.39 is 11.6 Å². The predicted molar refractivity (Wildman–Crippen MR) is 181 cm³/mol. The average molecular weight is 632 g/mol. The van der Waals surface area contributed by atoms with Crippen LogP contribution in [0.25, 0.3) is 0 Å². The van der Waals surface area contributed by atoms with Crippen LogP contribution in [0, 0.1) is 0 Å². The number of piperidine rings is 1. The molecular weight excluding hydrogens is 582 g/mol. The van der Waals surface area contributed by atoms with Gasteiger partial charge in [0, 0.05) is 43.4 Å². The molecule has 3 aromatic rings. The molecule has 5 rings (SSSR count). The van der Waals surface area contributed by atoms with Crippen LogP contribution in [0.1, 0.15) is 75.3 Å². The third kappa shape index (κ3) is 9.87. The molecule has 4 heterocycles. The number of ether oxygens (including phenoxy) is 2. The summed E-state index contributed by atoms with van der Waals surface area (Å²) < 4.78 is 10.1. The van der Waals surface area contributed by atoms with Gasteiger partial charge in [0.1, 0.15) is 42.0 Å². The zero-order valence-corrected chi connectivity index (χ0v) is 27.8. The number of aromatic nitrogens is 3. The van der Waals surface area contributed by atoms with Crippen molar-refractivity contribution >= 4 is 29.9 Å². The Morgan fingerprint density at radius 3 is 2.57 bits per heavy atom. The van der Waals surface area contributed by atoms with Gasteiger partial charge < -0.3 is 30.3 Å². The first-order valence-electron chi connectivity index (χ1n) is 16.3. The Balaban J connectivity index is 0.000000409. The summed E-state index contributed by atoms with van der Waals surface area (Å²) in [5, 5.41) is 9.88. The van der Waals surface area contributed by atoms with Crippen molar-refractivity contribution in [1.29, 1.82) is 0 Å². The maximum atomic E-state index is 12.5. The highest BCUT2D eigenvalue weighted by atomic mass is 16.6. The SMILES string of the molecule is CCc1c(NCC(NC)C(=O)OC(C)(C)C)ncnc1N1CCC(c2ccc3c(n2)NCCC3)CC1.O=COCc1ccccc1. The molecule has 1 fully saturated rings. The van der Waals surface area contributed by atoms with Crippen molar-refractivity contribution in [2.45, 2.75) is 84.0 Å². The van der Waals surface area contributed by atoms with Gasteiger partial charge in [0.15, 0.2) is 0 Å². The summed E-state index contributed by atoms with van der Waals surface area (Å²) >= 11 is 0. The third-order valence-electron chi connectivity index (χ3n) is 8.08. The fraction of sp³-hybridized carbons (Fsp3) is 0.514. The fourth-order valence-electron chi connectivity index (χ4n) is 5.69. The molecule has 0 amide bonds. The second-order valence-corrected chi connectivity index (χ2v) is 12.6. The topological polar surface area (TPSA) is 131 Å². The van der Waals surface area contributed by atoms with Crippen LogP contribution >= 0.6 is 0 Å². The number of aryl methyl sites for hydroxylation is 1. The van der Waals surface area contributed by atoms with Crippen molar-refractivity contribution in [3.63, 3.8) is 0 Å². The van der Waals surface area contributed by atoms with Crippen LogP contribution in [-0.2, 0) is 38.5 Å². The molecule has 46 heavy (non-hydrogen) atoms. The number of nitrogens with one attached hydrogen (secondary N) is 3. The van der Waals surface area contributed by atoms with E-state index in [0.717, 1.165) is 73.9 Å². The van der Waals surface area contributed by atoms with E-state index in [9.17, 15) is 9.59 Å². The number of carbonyl (C=O) groups is 2. The smallest absolute Gasteiger partial charge is 0.325 e. The van der Waals surface area contributed by atoms with Crippen LogP contribution in [0.4, 0.5) is 17.5 Å². The molecule has 1 saturated heterocycles. The van der Waals surface area contributed by atoms with Gasteiger partial charge in [0.25, 0.3) is 6.47 Å². The normalized spacial score (nSPS) is 15.4. The Hall–Kier alpha value is -4.25. The molecule has 0 aliphatic carbocycles. The number of rotatable bonds is 11. The zero-order valence-electron chi connectivity index (χ0n) is 27.8. The van der Waals surface area contributed by atoms with Gasteiger partial charge in [0.05, 0.1) is 0 Å². The first kappa shape index (κ1) is 34.6. The molecule has 11 nitrogen and oxygen atoms in total. The Morgan fingerprint density at radius 1 is 1.13 bits per heavy atom. The number of anilines is 3. The minimum Gasteiger partial charge on any atom is -0.463 e. The Bertz CT molecular complexity index is 1410. The third-order valence-corrected chi connectivity index (χ3v) is 8.08. The van der Waals surface area contributed by atoms with Gasteiger partial charge in [-0.05, 0) is 77.1 Å². The number of fused-ring (bicyclic) bond motifs is 1. The Kier molecular flexibility index (Phi) is 12.7. The van der Waals surface area contributed by atoms with Gasteiger partial charge in [-0.3, -0.25) is 9.59 Å². The Labute approximate surface area is 272 Å². The van der Waals surface area contributed by atoms with Gasteiger partial charge >= 0.3 is 5.97 Å². The molecule has 248 valence electrons. The summed E-state index contributed by atoms with van der Waals surface area (Å²) in [6, 6.07) is 13.6. The van der Waals surface area contributed by atoms with E-state index in [1.807, 2.05) is 51.1 Å². The van der Waals surface area contributed by atoms with E-state index in [4.69, 9.17) is 9.72 Å². The lowest BCUT2D eigenvalue weighted by molar-refractivity contribution is -0.156. The highest BCUT2D eigenvalue weighted by molar-refractivity contribution is 5.77. The summed E-state index contributed by atoms with van der Waals surface area (Å²) in [4.78, 5) is 38.8. The highest BCUT2D eigenvalue weighted by Gasteiger charge is 2.27. The first-order chi connectivity index (χ1) is 22.2. The number of carbonyl (C=O) groups excluding carboxylic acids is 2. The minimum absolute atomic E-state index is 0.280. The minimum atomic E-state index is -0.528. The van der Waals surface area contributed by atoms with E-state index in [0.29, 0.717) is 25.5 Å². The molecule has 2 aliphatic rings. The number of hydrogen-bond donors (Lipinski definition) is 3. The van der Waals surface area contributed by atoms with Gasteiger partial charge in [-0.2, -0.15) is 0 Å². The molecule has 0 spiro atoms. The molecular formula is C35H49N7O4. The monoisotopic (exact) mass is 631 g/mol. The molecule has 0 saturated carbocycles. The molecule has 3 N–H and O–H groups in total. The molecule has 2 aliphatic heterocycles. The molecule has 1 atom stereocenters. The van der Waals surface area contributed by atoms with Crippen molar-refractivity contribution in [2.24, 2.45) is 0 Å². The summed E-state index contributed by atoms with van der Waals surface area (Å²) in [7, 11) is 1.76. The molecule has 11 heteroatoms. The van der Waals surface area contributed by atoms with Crippen molar-refractivity contribution in [1.82, 2.24) is 20.3 Å². The van der Waals surface area contributed by atoms with Crippen LogP contribution in [-0.4, -0.2) is 72.3 Å². The number of nitrogens with zero attached hydrogens (tertiary/aromatic N) is 4. The van der Waals surface area contributed by atoms with Crippen molar-refractivity contribution < 1.29 is 19.1 Å². The van der Waals surface area contributed by atoms with Gasteiger partial charge in [-0.15, -0.1) is 0 Å². The van der Waals surface area contributed by atoms with Crippen LogP contribution in [0.3, 0.4) is 0 Å². The van der Waals surface area contributed by atoms with E-state index in [-0.39, 0.29) is 5.97 Å². The number of pyridine rings is 1. The van der Waals surface area contributed by atoms with Gasteiger partial charge in [-0.25, -0.2) is 15.0 Å². The average Bonchev–Trinajstić information content (AvgIpc) is 3.07. The van der Waals surface area contributed by atoms with E-state index in [2.05, 4.69) is 54.6 Å². The van der Waals surface area contributed by atoms with Gasteiger partial charge in [0.2, 0.25) is 0 Å². The number of benzene rings is 1. The second-order valence-electron chi connectivity index (χ2n) is 12.6. The van der Waals surface area contributed by atoms with Crippen LogP contribution in [0.2, 0.25) is 0 Å². The summed E-state index contributed by atoms with van der Waals surface area (Å²) in [6.07, 6.45) is 6.79. The lowest BCUT2D eigenvalue weighted by atomic mass is 9.92. The summed E-state index contributed by atoms with van der Waals surface area (Å²) in [6.45, 7) is 11.8. The van der Waals surface area contributed by atoms with E-state index in [1.165, 1.54) is 17.7 Å². The van der Waals surface area contributed by atoms with Crippen LogP contribution in [0.15, 0.2) is 48.8 Å². The molecule has 1 aromatic carbocycles. The molecule has 1 unspecified atom stereocenters. The number of likely N-dealkylation sites (N-methyl/N-ethyl adjacent to an activating group) is 1. The quantitative estimate of drug-likeness (QED) is 0.198. The highest BCUT2D eigenvalue weighted by Crippen LogP contribution is 2.33. The van der Waals surface area contributed by atoms with Crippen molar-refractivity contribution in [3.05, 3.63) is 71.2 Å². The summed E-state index contributed by atoms with van der Waals surface area (Å²) in [5.41, 5.74) is 4.09. The largest absolute Gasteiger partial charge is 0.463 e. The maximum Gasteiger partial charge on any atom is 0.325 e. The molecule has 0 radical (unpaired) electrons. The fourth-order valence-corrected chi connectivity index (χ4v) is 5.69. The summed E-state index contributed by atoms with van der Waals surface area (Å²) in [5.74, 6) is 3.01. The maximum absolute atomic E-state index is 12.5. The van der Waals surface area contributed by atoms with E-state index >= 15 is 0 Å². The second kappa shape index (κ2) is 16.9. The molecule has 0 bridgehead atoms. The lowest BCUT2D eigenvalue weighted by Gasteiger charge is -2.34. The number of esters is 1. The van der Waals surface area contributed by atoms with Crippen LogP contribution in [0.5, 0.6) is 0 Å². The zero-order chi connectivity index (χ0) is 32.9. The van der Waals surface area contributed by atoms with Gasteiger partial charge in [-0.1, -0.05) is 43.3 Å².